The number of nitrogens with zero attached hydrogens (tertiary/aromatic N) is 3. The number of ether oxygens (including phenoxy) is 1. The van der Waals surface area contributed by atoms with Gasteiger partial charge in [0.05, 0.1) is 18.4 Å². The van der Waals surface area contributed by atoms with E-state index >= 15 is 0 Å². The fourth-order valence-electron chi connectivity index (χ4n) is 3.18. The monoisotopic (exact) mass is 398 g/mol. The fourth-order valence-corrected chi connectivity index (χ4v) is 3.18. The van der Waals surface area contributed by atoms with E-state index in [1.807, 2.05) is 72.9 Å². The second-order valence-electron chi connectivity index (χ2n) is 6.77. The van der Waals surface area contributed by atoms with Crippen LogP contribution in [0.25, 0.3) is 16.9 Å². The number of amides is 1. The summed E-state index contributed by atoms with van der Waals surface area (Å²) in [6.07, 6.45) is 6.03. The number of carbonyl (C=O) groups is 1. The van der Waals surface area contributed by atoms with Crippen molar-refractivity contribution in [3.63, 3.8) is 0 Å². The van der Waals surface area contributed by atoms with Gasteiger partial charge in [-0.25, -0.2) is 4.68 Å². The molecule has 0 spiro atoms. The Morgan fingerprint density at radius 2 is 1.83 bits per heavy atom. The molecular formula is C24H22N4O2. The Bertz CT molecular complexity index is 1110. The van der Waals surface area contributed by atoms with Gasteiger partial charge in [-0.3, -0.25) is 9.78 Å². The van der Waals surface area contributed by atoms with E-state index in [1.165, 1.54) is 0 Å². The van der Waals surface area contributed by atoms with Gasteiger partial charge in [-0.2, -0.15) is 5.10 Å². The van der Waals surface area contributed by atoms with E-state index < -0.39 is 0 Å². The smallest absolute Gasteiger partial charge is 0.255 e. The maximum absolute atomic E-state index is 13.0. The summed E-state index contributed by atoms with van der Waals surface area (Å²) in [6, 6.07) is 21.2. The second-order valence-corrected chi connectivity index (χ2v) is 6.77. The standard InChI is InChI=1S/C24H22N4O2/c1-30-21-11-9-19(10-12-21)23-22(17-28(27-23)20-7-3-2-4-8-20)24(29)26-15-13-18-6-5-14-25-16-18/h2-12,14,16-17H,13,15H2,1H3,(H,26,29). The molecule has 0 aliphatic rings. The highest BCUT2D eigenvalue weighted by Crippen LogP contribution is 2.26. The largest absolute Gasteiger partial charge is 0.497 e. The Balaban J connectivity index is 1.60. The van der Waals surface area contributed by atoms with Crippen molar-refractivity contribution in [1.29, 1.82) is 0 Å². The van der Waals surface area contributed by atoms with Crippen molar-refractivity contribution < 1.29 is 9.53 Å². The lowest BCUT2D eigenvalue weighted by atomic mass is 10.1. The van der Waals surface area contributed by atoms with Gasteiger partial charge in [0.2, 0.25) is 0 Å². The maximum atomic E-state index is 13.0. The van der Waals surface area contributed by atoms with Gasteiger partial charge in [-0.1, -0.05) is 24.3 Å². The number of carbonyl (C=O) groups excluding carboxylic acids is 1. The van der Waals surface area contributed by atoms with Crippen molar-refractivity contribution >= 4 is 5.91 Å². The third kappa shape index (κ3) is 4.38. The van der Waals surface area contributed by atoms with E-state index in [2.05, 4.69) is 10.3 Å². The average Bonchev–Trinajstić information content (AvgIpc) is 3.26. The lowest BCUT2D eigenvalue weighted by Gasteiger charge is -2.06. The molecule has 0 unspecified atom stereocenters. The van der Waals surface area contributed by atoms with Gasteiger partial charge in [0.1, 0.15) is 11.4 Å². The molecule has 150 valence electrons. The minimum absolute atomic E-state index is 0.160. The molecule has 0 radical (unpaired) electrons. The fraction of sp³-hybridized carbons (Fsp3) is 0.125. The first kappa shape index (κ1) is 19.4. The molecule has 2 heterocycles. The first-order valence-electron chi connectivity index (χ1n) is 9.71. The molecule has 4 rings (SSSR count). The predicted octanol–water partition coefficient (Wildman–Crippen LogP) is 3.92. The van der Waals surface area contributed by atoms with Gasteiger partial charge in [0.25, 0.3) is 5.91 Å². The van der Waals surface area contributed by atoms with Crippen molar-refractivity contribution in [2.24, 2.45) is 0 Å². The normalized spacial score (nSPS) is 10.6. The van der Waals surface area contributed by atoms with Crippen LogP contribution in [-0.4, -0.2) is 34.3 Å². The number of hydrogen-bond acceptors (Lipinski definition) is 4. The van der Waals surface area contributed by atoms with E-state index in [4.69, 9.17) is 9.84 Å². The minimum Gasteiger partial charge on any atom is -0.497 e. The molecule has 6 nitrogen and oxygen atoms in total. The number of pyridine rings is 1. The van der Waals surface area contributed by atoms with Crippen molar-refractivity contribution in [3.05, 3.63) is 96.4 Å². The Labute approximate surface area is 175 Å². The van der Waals surface area contributed by atoms with Crippen LogP contribution in [0, 0.1) is 0 Å². The molecule has 6 heteroatoms. The molecule has 0 atom stereocenters. The van der Waals surface area contributed by atoms with Crippen molar-refractivity contribution in [1.82, 2.24) is 20.1 Å². The quantitative estimate of drug-likeness (QED) is 0.512. The molecule has 0 aliphatic heterocycles. The van der Waals surface area contributed by atoms with Gasteiger partial charge in [-0.05, 0) is 54.4 Å². The van der Waals surface area contributed by atoms with E-state index in [0.717, 1.165) is 22.6 Å². The zero-order valence-electron chi connectivity index (χ0n) is 16.7. The first-order valence-corrected chi connectivity index (χ1v) is 9.71. The molecule has 0 aliphatic carbocycles. The van der Waals surface area contributed by atoms with Crippen molar-refractivity contribution in [2.75, 3.05) is 13.7 Å². The molecule has 1 amide bonds. The summed E-state index contributed by atoms with van der Waals surface area (Å²) in [6.45, 7) is 0.517. The Hall–Kier alpha value is -3.93. The summed E-state index contributed by atoms with van der Waals surface area (Å²) in [5.74, 6) is 0.593. The third-order valence-electron chi connectivity index (χ3n) is 4.77. The van der Waals surface area contributed by atoms with E-state index in [9.17, 15) is 4.79 Å². The highest BCUT2D eigenvalue weighted by molar-refractivity contribution is 6.00. The molecule has 4 aromatic rings. The summed E-state index contributed by atoms with van der Waals surface area (Å²) in [5, 5.41) is 7.70. The SMILES string of the molecule is COc1ccc(-c2nn(-c3ccccc3)cc2C(=O)NCCc2cccnc2)cc1. The molecule has 2 aromatic carbocycles. The predicted molar refractivity (Wildman–Crippen MR) is 116 cm³/mol. The molecule has 0 bridgehead atoms. The van der Waals surface area contributed by atoms with Crippen LogP contribution in [0.1, 0.15) is 15.9 Å². The van der Waals surface area contributed by atoms with Crippen LogP contribution >= 0.6 is 0 Å². The summed E-state index contributed by atoms with van der Waals surface area (Å²) >= 11 is 0. The number of benzene rings is 2. The number of nitrogens with one attached hydrogen (secondary N) is 1. The summed E-state index contributed by atoms with van der Waals surface area (Å²) in [7, 11) is 1.63. The van der Waals surface area contributed by atoms with Crippen LogP contribution in [0.15, 0.2) is 85.3 Å². The van der Waals surface area contributed by atoms with E-state index in [1.54, 1.807) is 24.2 Å². The van der Waals surface area contributed by atoms with Crippen LogP contribution < -0.4 is 10.1 Å². The van der Waals surface area contributed by atoms with Gasteiger partial charge >= 0.3 is 0 Å². The number of hydrogen-bond donors (Lipinski definition) is 1. The Morgan fingerprint density at radius 3 is 2.53 bits per heavy atom. The number of rotatable bonds is 7. The van der Waals surface area contributed by atoms with Crippen LogP contribution in [0.2, 0.25) is 0 Å². The zero-order valence-corrected chi connectivity index (χ0v) is 16.7. The lowest BCUT2D eigenvalue weighted by Crippen LogP contribution is -2.25. The van der Waals surface area contributed by atoms with Gasteiger partial charge in [0, 0.05) is 30.7 Å². The molecule has 0 saturated carbocycles. The Kier molecular flexibility index (Phi) is 5.85. The zero-order chi connectivity index (χ0) is 20.8. The van der Waals surface area contributed by atoms with E-state index in [-0.39, 0.29) is 5.91 Å². The molecular weight excluding hydrogens is 376 g/mol. The molecule has 0 saturated heterocycles. The third-order valence-corrected chi connectivity index (χ3v) is 4.77. The highest BCUT2D eigenvalue weighted by atomic mass is 16.5. The highest BCUT2D eigenvalue weighted by Gasteiger charge is 2.18. The molecule has 0 fully saturated rings. The molecule has 1 N–H and O–H groups in total. The average molecular weight is 398 g/mol. The minimum atomic E-state index is -0.160. The lowest BCUT2D eigenvalue weighted by molar-refractivity contribution is 0.0954. The maximum Gasteiger partial charge on any atom is 0.255 e. The number of methoxy groups -OCH3 is 1. The van der Waals surface area contributed by atoms with Gasteiger partial charge in [0.15, 0.2) is 0 Å². The summed E-state index contributed by atoms with van der Waals surface area (Å²) in [5.41, 5.74) is 3.97. The van der Waals surface area contributed by atoms with Crippen molar-refractivity contribution in [2.45, 2.75) is 6.42 Å². The summed E-state index contributed by atoms with van der Waals surface area (Å²) < 4.78 is 6.97. The summed E-state index contributed by atoms with van der Waals surface area (Å²) in [4.78, 5) is 17.1. The number of aromatic nitrogens is 3. The number of para-hydroxylation sites is 1. The van der Waals surface area contributed by atoms with Gasteiger partial charge < -0.3 is 10.1 Å². The van der Waals surface area contributed by atoms with Crippen LogP contribution in [0.5, 0.6) is 5.75 Å². The van der Waals surface area contributed by atoms with Crippen LogP contribution in [0.4, 0.5) is 0 Å². The Morgan fingerprint density at radius 1 is 1.03 bits per heavy atom. The second kappa shape index (κ2) is 9.05. The topological polar surface area (TPSA) is 69.0 Å². The van der Waals surface area contributed by atoms with E-state index in [0.29, 0.717) is 24.2 Å². The van der Waals surface area contributed by atoms with Crippen LogP contribution in [-0.2, 0) is 6.42 Å². The molecule has 30 heavy (non-hydrogen) atoms. The first-order chi connectivity index (χ1) is 14.7. The van der Waals surface area contributed by atoms with Crippen LogP contribution in [0.3, 0.4) is 0 Å². The molecule has 2 aromatic heterocycles. The van der Waals surface area contributed by atoms with Gasteiger partial charge in [-0.15, -0.1) is 0 Å². The van der Waals surface area contributed by atoms with Crippen molar-refractivity contribution in [3.8, 4) is 22.7 Å².